The van der Waals surface area contributed by atoms with Crippen molar-refractivity contribution in [3.05, 3.63) is 60.8 Å². The van der Waals surface area contributed by atoms with Crippen molar-refractivity contribution >= 4 is 5.97 Å². The van der Waals surface area contributed by atoms with E-state index in [4.69, 9.17) is 28.4 Å². The third kappa shape index (κ3) is 40.7. The molecule has 14 nitrogen and oxygen atoms in total. The number of hydrogen-bond donors (Lipinski definition) is 7. The Balaban J connectivity index is 1.65. The summed E-state index contributed by atoms with van der Waals surface area (Å²) in [6.45, 7) is 3.61. The molecule has 0 aromatic heterocycles. The maximum Gasteiger partial charge on any atom is 0.306 e. The smallest absolute Gasteiger partial charge is 0.306 e. The molecule has 0 aliphatic carbocycles. The zero-order valence-corrected chi connectivity index (χ0v) is 52.4. The van der Waals surface area contributed by atoms with Gasteiger partial charge in [0, 0.05) is 13.0 Å². The molecule has 2 heterocycles. The van der Waals surface area contributed by atoms with E-state index in [9.17, 15) is 40.5 Å². The minimum Gasteiger partial charge on any atom is -0.457 e. The minimum atomic E-state index is -1.71. The van der Waals surface area contributed by atoms with E-state index in [0.717, 1.165) is 83.5 Å². The first kappa shape index (κ1) is 76.8. The number of ether oxygens (including phenoxy) is 6. The maximum atomic E-state index is 13.1. The molecule has 11 unspecified atom stereocenters. The summed E-state index contributed by atoms with van der Waals surface area (Å²) in [7, 11) is 0. The van der Waals surface area contributed by atoms with Crippen molar-refractivity contribution in [2.75, 3.05) is 33.0 Å². The van der Waals surface area contributed by atoms with Crippen LogP contribution in [-0.2, 0) is 33.2 Å². The second-order valence-corrected chi connectivity index (χ2v) is 23.6. The van der Waals surface area contributed by atoms with E-state index in [-0.39, 0.29) is 25.6 Å². The number of esters is 1. The summed E-state index contributed by atoms with van der Waals surface area (Å²) in [4.78, 5) is 13.1. The molecule has 484 valence electrons. The van der Waals surface area contributed by atoms with Crippen LogP contribution in [0.25, 0.3) is 0 Å². The summed E-state index contributed by atoms with van der Waals surface area (Å²) in [6, 6.07) is 0. The fourth-order valence-electron chi connectivity index (χ4n) is 10.7. The second kappa shape index (κ2) is 55.0. The largest absolute Gasteiger partial charge is 0.457 e. The van der Waals surface area contributed by atoms with Gasteiger partial charge in [-0.3, -0.25) is 4.79 Å². The number of aliphatic hydroxyl groups is 7. The maximum absolute atomic E-state index is 13.1. The SMILES string of the molecule is CC/C=C\C/C=C\C/C=C\C/C=C\C/C=C\CCCCCCCCCC(=O)OC(COCCCCCCCCCCCCCCCCCCCCCCCCCCCC)COC1OC(COC2OC(CO)C(O)C(O)C2O)C(O)C(O)C1O. The summed E-state index contributed by atoms with van der Waals surface area (Å²) < 4.78 is 34.5. The molecule has 2 fully saturated rings. The molecule has 14 heteroatoms. The van der Waals surface area contributed by atoms with Gasteiger partial charge in [0.05, 0.1) is 26.4 Å². The van der Waals surface area contributed by atoms with Gasteiger partial charge in [0.1, 0.15) is 54.9 Å². The van der Waals surface area contributed by atoms with Gasteiger partial charge in [-0.1, -0.05) is 267 Å². The van der Waals surface area contributed by atoms with Crippen molar-refractivity contribution in [3.8, 4) is 0 Å². The van der Waals surface area contributed by atoms with Crippen LogP contribution in [0, 0.1) is 0 Å². The lowest BCUT2D eigenvalue weighted by Gasteiger charge is -2.42. The molecular weight excluding hydrogens is 1050 g/mol. The van der Waals surface area contributed by atoms with E-state index in [1.54, 1.807) is 0 Å². The van der Waals surface area contributed by atoms with Gasteiger partial charge < -0.3 is 64.2 Å². The van der Waals surface area contributed by atoms with E-state index >= 15 is 0 Å². The first-order valence-corrected chi connectivity index (χ1v) is 33.9. The highest BCUT2D eigenvalue weighted by atomic mass is 16.7. The third-order valence-corrected chi connectivity index (χ3v) is 16.0. The highest BCUT2D eigenvalue weighted by molar-refractivity contribution is 5.69. The van der Waals surface area contributed by atoms with Gasteiger partial charge in [-0.15, -0.1) is 0 Å². The Morgan fingerprint density at radius 3 is 1.23 bits per heavy atom. The lowest BCUT2D eigenvalue weighted by Crippen LogP contribution is -2.61. The number of unbranched alkanes of at least 4 members (excludes halogenated alkanes) is 32. The van der Waals surface area contributed by atoms with Crippen LogP contribution in [0.4, 0.5) is 0 Å². The van der Waals surface area contributed by atoms with Crippen LogP contribution >= 0.6 is 0 Å². The van der Waals surface area contributed by atoms with Crippen molar-refractivity contribution in [2.24, 2.45) is 0 Å². The molecule has 83 heavy (non-hydrogen) atoms. The van der Waals surface area contributed by atoms with Crippen LogP contribution in [0.1, 0.15) is 271 Å². The van der Waals surface area contributed by atoms with Gasteiger partial charge in [-0.05, 0) is 57.8 Å². The Labute approximate surface area is 504 Å². The quantitative estimate of drug-likeness (QED) is 0.0171. The first-order chi connectivity index (χ1) is 40.6. The van der Waals surface area contributed by atoms with E-state index < -0.39 is 80.7 Å². The number of allylic oxidation sites excluding steroid dienone is 10. The third-order valence-electron chi connectivity index (χ3n) is 16.0. The van der Waals surface area contributed by atoms with Crippen LogP contribution in [0.3, 0.4) is 0 Å². The van der Waals surface area contributed by atoms with Crippen LogP contribution < -0.4 is 0 Å². The minimum absolute atomic E-state index is 0.0580. The fourth-order valence-corrected chi connectivity index (χ4v) is 10.7. The Kier molecular flexibility index (Phi) is 50.9. The summed E-state index contributed by atoms with van der Waals surface area (Å²) in [5, 5.41) is 72.6. The monoisotopic (exact) mass is 1180 g/mol. The Bertz CT molecular complexity index is 1600. The van der Waals surface area contributed by atoms with Crippen LogP contribution in [0.5, 0.6) is 0 Å². The van der Waals surface area contributed by atoms with Crippen LogP contribution in [0.15, 0.2) is 60.8 Å². The lowest BCUT2D eigenvalue weighted by atomic mass is 9.98. The molecule has 0 bridgehead atoms. The second-order valence-electron chi connectivity index (χ2n) is 23.6. The van der Waals surface area contributed by atoms with Crippen molar-refractivity contribution in [1.29, 1.82) is 0 Å². The van der Waals surface area contributed by atoms with E-state index in [1.165, 1.54) is 161 Å². The first-order valence-electron chi connectivity index (χ1n) is 33.9. The van der Waals surface area contributed by atoms with E-state index in [1.807, 2.05) is 0 Å². The summed E-state index contributed by atoms with van der Waals surface area (Å²) in [6.07, 6.45) is 54.4. The molecule has 0 radical (unpaired) electrons. The molecule has 0 saturated carbocycles. The molecule has 2 saturated heterocycles. The fraction of sp³-hybridized carbons (Fsp3) is 0.841. The molecular formula is C69H124O14. The molecule has 2 rings (SSSR count). The van der Waals surface area contributed by atoms with Gasteiger partial charge in [0.25, 0.3) is 0 Å². The Morgan fingerprint density at radius 2 is 0.783 bits per heavy atom. The average molecular weight is 1180 g/mol. The van der Waals surface area contributed by atoms with Gasteiger partial charge in [0.15, 0.2) is 12.6 Å². The molecule has 0 amide bonds. The molecule has 2 aliphatic rings. The van der Waals surface area contributed by atoms with Gasteiger partial charge in [-0.2, -0.15) is 0 Å². The highest BCUT2D eigenvalue weighted by Gasteiger charge is 2.47. The van der Waals surface area contributed by atoms with Crippen molar-refractivity contribution in [1.82, 2.24) is 0 Å². The zero-order valence-electron chi connectivity index (χ0n) is 52.4. The van der Waals surface area contributed by atoms with Crippen molar-refractivity contribution in [2.45, 2.75) is 338 Å². The summed E-state index contributed by atoms with van der Waals surface area (Å²) in [5.74, 6) is -0.383. The number of aliphatic hydroxyl groups excluding tert-OH is 7. The Hall–Kier alpha value is -2.31. The van der Waals surface area contributed by atoms with Crippen molar-refractivity contribution in [3.63, 3.8) is 0 Å². The topological polar surface area (TPSA) is 214 Å². The molecule has 0 aromatic carbocycles. The number of rotatable bonds is 56. The van der Waals surface area contributed by atoms with Gasteiger partial charge >= 0.3 is 5.97 Å². The van der Waals surface area contributed by atoms with Crippen LogP contribution in [-0.4, -0.2) is 142 Å². The van der Waals surface area contributed by atoms with Gasteiger partial charge in [0.2, 0.25) is 0 Å². The van der Waals surface area contributed by atoms with E-state index in [2.05, 4.69) is 74.6 Å². The molecule has 2 aliphatic heterocycles. The predicted octanol–water partition coefficient (Wildman–Crippen LogP) is 14.0. The Morgan fingerprint density at radius 1 is 0.410 bits per heavy atom. The number of hydrogen-bond acceptors (Lipinski definition) is 14. The number of carbonyl (C=O) groups excluding carboxylic acids is 1. The summed E-state index contributed by atoms with van der Waals surface area (Å²) >= 11 is 0. The number of carbonyl (C=O) groups is 1. The van der Waals surface area contributed by atoms with Gasteiger partial charge in [-0.25, -0.2) is 0 Å². The lowest BCUT2D eigenvalue weighted by molar-refractivity contribution is -0.332. The standard InChI is InChI=1S/C69H124O14/c1-3-5-7-9-11-13-15-17-19-21-23-25-27-28-29-31-33-35-37-39-41-43-45-47-49-51-53-78-55-58(56-79-68-67(77)65(75)63(73)60(83-68)57-80-69-66(76)64(74)62(72)59(54-70)82-69)81-61(71)52-50-48-46-44-42-40-38-36-34-32-30-26-24-22-20-18-16-14-12-10-8-6-4-2/h6,8,12,14,18,20,24,26,32,34,58-60,62-70,72-77H,3-5,7,9-11,13,15-17,19,21-23,25,27-31,33,35-57H2,1-2H3/b8-6-,14-12-,20-18-,26-24-,34-32-. The molecule has 11 atom stereocenters. The molecule has 7 N–H and O–H groups in total. The molecule has 0 spiro atoms. The normalized spacial score (nSPS) is 23.8. The zero-order chi connectivity index (χ0) is 60.1. The predicted molar refractivity (Wildman–Crippen MR) is 335 cm³/mol. The van der Waals surface area contributed by atoms with Crippen molar-refractivity contribution < 1.29 is 69.0 Å². The van der Waals surface area contributed by atoms with E-state index in [0.29, 0.717) is 13.0 Å². The average Bonchev–Trinajstić information content (AvgIpc) is 3.49. The van der Waals surface area contributed by atoms with Crippen LogP contribution in [0.2, 0.25) is 0 Å². The highest BCUT2D eigenvalue weighted by Crippen LogP contribution is 2.27. The summed E-state index contributed by atoms with van der Waals surface area (Å²) in [5.41, 5.74) is 0. The molecule has 0 aromatic rings.